The van der Waals surface area contributed by atoms with Crippen LogP contribution in [0.15, 0.2) is 0 Å². The minimum absolute atomic E-state index is 0.158. The van der Waals surface area contributed by atoms with Gasteiger partial charge in [0, 0.05) is 6.16 Å². The average molecular weight is 286 g/mol. The molecule has 1 unspecified atom stereocenters. The lowest BCUT2D eigenvalue weighted by Crippen LogP contribution is -2.12. The molecule has 0 aliphatic rings. The number of rotatable bonds is 5. The molecule has 0 radical (unpaired) electrons. The minimum atomic E-state index is -2.73. The van der Waals surface area contributed by atoms with Crippen LogP contribution >= 0.6 is 41.3 Å². The molecule has 0 saturated carbocycles. The van der Waals surface area contributed by atoms with Crippen LogP contribution in [-0.2, 0) is 16.3 Å². The maximum atomic E-state index is 9.54. The highest BCUT2D eigenvalue weighted by molar-refractivity contribution is 8.09. The second-order valence-electron chi connectivity index (χ2n) is 2.60. The zero-order valence-electron chi connectivity index (χ0n) is 7.17. The van der Waals surface area contributed by atoms with Gasteiger partial charge >= 0.3 is 0 Å². The molecule has 0 heterocycles. The lowest BCUT2D eigenvalue weighted by atomic mass is 10.4. The fraction of sp³-hybridized carbons (Fsp3) is 1.00. The SMILES string of the molecule is CCCCP(O)(=S)OCC(Cl)(Cl)Cl. The first-order chi connectivity index (χ1) is 5.77. The summed E-state index contributed by atoms with van der Waals surface area (Å²) < 4.78 is 3.48. The molecular weight excluding hydrogens is 273 g/mol. The van der Waals surface area contributed by atoms with E-state index in [1.807, 2.05) is 6.92 Å². The van der Waals surface area contributed by atoms with Gasteiger partial charge in [-0.2, -0.15) is 0 Å². The van der Waals surface area contributed by atoms with E-state index in [0.717, 1.165) is 12.8 Å². The lowest BCUT2D eigenvalue weighted by molar-refractivity contribution is 0.314. The van der Waals surface area contributed by atoms with Crippen molar-refractivity contribution in [1.29, 1.82) is 0 Å². The second kappa shape index (κ2) is 6.12. The Morgan fingerprint density at radius 3 is 2.38 bits per heavy atom. The number of hydrogen-bond acceptors (Lipinski definition) is 2. The van der Waals surface area contributed by atoms with Gasteiger partial charge in [0.05, 0.1) is 0 Å². The standard InChI is InChI=1S/C6H12Cl3O2PS/c1-2-3-4-12(10,13)11-5-6(7,8)9/h2-5H2,1H3,(H,10,13). The van der Waals surface area contributed by atoms with Gasteiger partial charge in [-0.25, -0.2) is 0 Å². The quantitative estimate of drug-likeness (QED) is 0.619. The van der Waals surface area contributed by atoms with Crippen LogP contribution in [0.2, 0.25) is 0 Å². The summed E-state index contributed by atoms with van der Waals surface area (Å²) in [6, 6.07) is 0. The summed E-state index contributed by atoms with van der Waals surface area (Å²) >= 11 is 21.2. The molecule has 0 aliphatic carbocycles. The molecule has 0 amide bonds. The Labute approximate surface area is 98.7 Å². The molecule has 0 aromatic carbocycles. The maximum absolute atomic E-state index is 9.54. The molecule has 2 nitrogen and oxygen atoms in total. The van der Waals surface area contributed by atoms with Crippen molar-refractivity contribution in [3.8, 4) is 0 Å². The van der Waals surface area contributed by atoms with E-state index in [0.29, 0.717) is 6.16 Å². The number of halogens is 3. The van der Waals surface area contributed by atoms with E-state index in [4.69, 9.17) is 51.1 Å². The van der Waals surface area contributed by atoms with Crippen LogP contribution in [0.4, 0.5) is 0 Å². The van der Waals surface area contributed by atoms with Crippen LogP contribution in [0.1, 0.15) is 19.8 Å². The topological polar surface area (TPSA) is 29.5 Å². The van der Waals surface area contributed by atoms with Crippen LogP contribution in [0.25, 0.3) is 0 Å². The van der Waals surface area contributed by atoms with Gasteiger partial charge in [-0.3, -0.25) is 0 Å². The molecule has 0 spiro atoms. The number of unbranched alkanes of at least 4 members (excludes halogenated alkanes) is 1. The van der Waals surface area contributed by atoms with Crippen molar-refractivity contribution in [2.24, 2.45) is 0 Å². The fourth-order valence-electron chi connectivity index (χ4n) is 0.597. The average Bonchev–Trinajstić information content (AvgIpc) is 1.97. The summed E-state index contributed by atoms with van der Waals surface area (Å²) in [4.78, 5) is 9.54. The summed E-state index contributed by atoms with van der Waals surface area (Å²) in [6.45, 7) is -0.879. The van der Waals surface area contributed by atoms with Gasteiger partial charge in [0.25, 0.3) is 0 Å². The van der Waals surface area contributed by atoms with Crippen LogP contribution in [0, 0.1) is 0 Å². The van der Waals surface area contributed by atoms with Crippen molar-refractivity contribution < 1.29 is 9.42 Å². The van der Waals surface area contributed by atoms with E-state index in [1.54, 1.807) is 0 Å². The predicted molar refractivity (Wildman–Crippen MR) is 62.5 cm³/mol. The van der Waals surface area contributed by atoms with Crippen molar-refractivity contribution in [2.45, 2.75) is 23.6 Å². The Morgan fingerprint density at radius 1 is 1.46 bits per heavy atom. The fourth-order valence-corrected chi connectivity index (χ4v) is 2.77. The minimum Gasteiger partial charge on any atom is -0.345 e. The summed E-state index contributed by atoms with van der Waals surface area (Å²) in [6.07, 6.45) is 2.25. The molecule has 0 rings (SSSR count). The molecule has 0 saturated heterocycles. The summed E-state index contributed by atoms with van der Waals surface area (Å²) in [5.41, 5.74) is 0. The molecule has 7 heteroatoms. The van der Waals surface area contributed by atoms with Crippen molar-refractivity contribution >= 4 is 53.1 Å². The zero-order chi connectivity index (χ0) is 10.5. The van der Waals surface area contributed by atoms with Gasteiger partial charge in [0.1, 0.15) is 6.61 Å². The molecule has 0 aromatic rings. The molecule has 80 valence electrons. The van der Waals surface area contributed by atoms with Crippen LogP contribution in [0.5, 0.6) is 0 Å². The highest BCUT2D eigenvalue weighted by Gasteiger charge is 2.24. The van der Waals surface area contributed by atoms with Crippen LogP contribution < -0.4 is 0 Å². The number of hydrogen-bond donors (Lipinski definition) is 1. The smallest absolute Gasteiger partial charge is 0.213 e. The largest absolute Gasteiger partial charge is 0.345 e. The van der Waals surface area contributed by atoms with E-state index in [9.17, 15) is 4.89 Å². The lowest BCUT2D eigenvalue weighted by Gasteiger charge is -2.18. The van der Waals surface area contributed by atoms with Gasteiger partial charge in [-0.1, -0.05) is 48.1 Å². The zero-order valence-corrected chi connectivity index (χ0v) is 11.2. The third kappa shape index (κ3) is 9.74. The Morgan fingerprint density at radius 2 is 2.00 bits per heavy atom. The third-order valence-corrected chi connectivity index (χ3v) is 3.83. The highest BCUT2D eigenvalue weighted by atomic mass is 35.6. The van der Waals surface area contributed by atoms with E-state index in [2.05, 4.69) is 0 Å². The van der Waals surface area contributed by atoms with Crippen molar-refractivity contribution in [3.63, 3.8) is 0 Å². The number of alkyl halides is 3. The van der Waals surface area contributed by atoms with E-state index >= 15 is 0 Å². The molecule has 0 fully saturated rings. The van der Waals surface area contributed by atoms with Gasteiger partial charge in [0.15, 0.2) is 6.49 Å². The van der Waals surface area contributed by atoms with Crippen LogP contribution in [-0.4, -0.2) is 21.5 Å². The summed E-state index contributed by atoms with van der Waals surface area (Å²) in [7, 11) is 0. The van der Waals surface area contributed by atoms with E-state index < -0.39 is 10.3 Å². The van der Waals surface area contributed by atoms with Gasteiger partial charge in [-0.15, -0.1) is 0 Å². The van der Waals surface area contributed by atoms with E-state index in [1.165, 1.54) is 0 Å². The summed E-state index contributed by atoms with van der Waals surface area (Å²) in [5, 5.41) is 0. The molecule has 1 atom stereocenters. The van der Waals surface area contributed by atoms with Crippen molar-refractivity contribution in [1.82, 2.24) is 0 Å². The molecule has 0 aromatic heterocycles. The molecule has 1 N–H and O–H groups in total. The van der Waals surface area contributed by atoms with E-state index in [-0.39, 0.29) is 6.61 Å². The van der Waals surface area contributed by atoms with Gasteiger partial charge < -0.3 is 9.42 Å². The maximum Gasteiger partial charge on any atom is 0.213 e. The van der Waals surface area contributed by atoms with Gasteiger partial charge in [-0.05, 0) is 18.2 Å². The molecule has 0 bridgehead atoms. The normalized spacial score (nSPS) is 17.0. The monoisotopic (exact) mass is 284 g/mol. The Balaban J connectivity index is 3.83. The summed E-state index contributed by atoms with van der Waals surface area (Å²) in [5.74, 6) is 0. The van der Waals surface area contributed by atoms with Crippen molar-refractivity contribution in [3.05, 3.63) is 0 Å². The Kier molecular flexibility index (Phi) is 6.79. The van der Waals surface area contributed by atoms with Crippen molar-refractivity contribution in [2.75, 3.05) is 12.8 Å². The highest BCUT2D eigenvalue weighted by Crippen LogP contribution is 2.45. The predicted octanol–water partition coefficient (Wildman–Crippen LogP) is 3.48. The van der Waals surface area contributed by atoms with Gasteiger partial charge in [0.2, 0.25) is 3.79 Å². The molecule has 13 heavy (non-hydrogen) atoms. The van der Waals surface area contributed by atoms with Crippen LogP contribution in [0.3, 0.4) is 0 Å². The Hall–Kier alpha value is 1.44. The second-order valence-corrected chi connectivity index (χ2v) is 8.81. The third-order valence-electron chi connectivity index (χ3n) is 1.22. The molecular formula is C6H12Cl3O2PS. The first kappa shape index (κ1) is 14.4. The first-order valence-electron chi connectivity index (χ1n) is 3.80. The Bertz CT molecular complexity index is 195. The molecule has 0 aliphatic heterocycles. The first-order valence-corrected chi connectivity index (χ1v) is 7.79.